The van der Waals surface area contributed by atoms with Crippen molar-refractivity contribution in [2.24, 2.45) is 0 Å². The maximum absolute atomic E-state index is 9.91. The summed E-state index contributed by atoms with van der Waals surface area (Å²) in [4.78, 5) is 4.74. The number of β-amino-alcohol motifs (C(OH)–C–C–N with tert-alkyl or cyclic N) is 1. The average Bonchev–Trinajstić information content (AvgIpc) is 2.39. The molecule has 118 valence electrons. The molecule has 0 aromatic heterocycles. The van der Waals surface area contributed by atoms with Crippen molar-refractivity contribution in [2.75, 3.05) is 44.7 Å². The first-order valence-electron chi connectivity index (χ1n) is 7.52. The highest BCUT2D eigenvalue weighted by Gasteiger charge is 2.23. The van der Waals surface area contributed by atoms with E-state index >= 15 is 0 Å². The molecule has 2 N–H and O–H groups in total. The van der Waals surface area contributed by atoms with Gasteiger partial charge in [0.2, 0.25) is 0 Å². The van der Waals surface area contributed by atoms with Crippen LogP contribution in [-0.2, 0) is 6.54 Å². The molecular weight excluding hydrogens is 330 g/mol. The fourth-order valence-electron chi connectivity index (χ4n) is 2.82. The van der Waals surface area contributed by atoms with Gasteiger partial charge in [-0.2, -0.15) is 0 Å². The number of benzene rings is 1. The maximum atomic E-state index is 9.91. The van der Waals surface area contributed by atoms with E-state index in [1.807, 2.05) is 20.9 Å². The number of nitrogens with zero attached hydrogens (tertiary/aromatic N) is 2. The first-order chi connectivity index (χ1) is 9.89. The van der Waals surface area contributed by atoms with Crippen molar-refractivity contribution in [3.05, 3.63) is 28.2 Å². The first-order valence-corrected chi connectivity index (χ1v) is 8.31. The summed E-state index contributed by atoms with van der Waals surface area (Å²) in [5.74, 6) is 0. The molecule has 4 nitrogen and oxygen atoms in total. The van der Waals surface area contributed by atoms with Gasteiger partial charge in [0.05, 0.1) is 11.3 Å². The van der Waals surface area contributed by atoms with Gasteiger partial charge in [0.1, 0.15) is 0 Å². The van der Waals surface area contributed by atoms with Gasteiger partial charge in [-0.25, -0.2) is 0 Å². The first kappa shape index (κ1) is 16.7. The van der Waals surface area contributed by atoms with Crippen LogP contribution in [0.15, 0.2) is 22.7 Å². The van der Waals surface area contributed by atoms with Gasteiger partial charge in [0.25, 0.3) is 0 Å². The molecule has 5 heteroatoms. The summed E-state index contributed by atoms with van der Waals surface area (Å²) in [5, 5.41) is 13.1. The molecule has 1 saturated heterocycles. The van der Waals surface area contributed by atoms with Crippen LogP contribution in [0.3, 0.4) is 0 Å². The molecule has 1 aromatic carbocycles. The van der Waals surface area contributed by atoms with E-state index in [9.17, 15) is 5.11 Å². The Kier molecular flexibility index (Phi) is 5.66. The Labute approximate surface area is 136 Å². The minimum Gasteiger partial charge on any atom is -0.389 e. The molecule has 0 bridgehead atoms. The summed E-state index contributed by atoms with van der Waals surface area (Å²) in [6.45, 7) is 9.36. The van der Waals surface area contributed by atoms with Crippen LogP contribution in [0, 0.1) is 0 Å². The lowest BCUT2D eigenvalue weighted by Gasteiger charge is -2.38. The van der Waals surface area contributed by atoms with E-state index in [0.29, 0.717) is 0 Å². The summed E-state index contributed by atoms with van der Waals surface area (Å²) in [5.41, 5.74) is 1.93. The van der Waals surface area contributed by atoms with Gasteiger partial charge in [0, 0.05) is 43.7 Å². The second-order valence-electron chi connectivity index (χ2n) is 6.39. The fraction of sp³-hybridized carbons (Fsp3) is 0.625. The minimum absolute atomic E-state index is 0.614. The molecule has 1 aliphatic heterocycles. The smallest absolute Gasteiger partial charge is 0.0718 e. The molecule has 1 aromatic rings. The minimum atomic E-state index is -0.614. The van der Waals surface area contributed by atoms with Gasteiger partial charge in [-0.3, -0.25) is 4.90 Å². The number of hydrogen-bond acceptors (Lipinski definition) is 4. The molecule has 0 saturated carbocycles. The molecule has 1 heterocycles. The van der Waals surface area contributed by atoms with Crippen LogP contribution in [0.25, 0.3) is 0 Å². The topological polar surface area (TPSA) is 38.7 Å². The zero-order valence-electron chi connectivity index (χ0n) is 13.2. The largest absolute Gasteiger partial charge is 0.389 e. The monoisotopic (exact) mass is 355 g/mol. The summed E-state index contributed by atoms with van der Waals surface area (Å²) < 4.78 is 1.16. The molecule has 0 unspecified atom stereocenters. The predicted molar refractivity (Wildman–Crippen MR) is 91.9 cm³/mol. The summed E-state index contributed by atoms with van der Waals surface area (Å²) in [6, 6.07) is 6.57. The van der Waals surface area contributed by atoms with E-state index in [1.165, 1.54) is 11.3 Å². The zero-order valence-corrected chi connectivity index (χ0v) is 14.8. The number of rotatable bonds is 5. The second kappa shape index (κ2) is 7.09. The number of anilines is 1. The van der Waals surface area contributed by atoms with Gasteiger partial charge in [0.15, 0.2) is 0 Å². The number of aliphatic hydroxyl groups is 1. The van der Waals surface area contributed by atoms with E-state index < -0.39 is 5.60 Å². The number of hydrogen-bond donors (Lipinski definition) is 2. The summed E-state index contributed by atoms with van der Waals surface area (Å²) in [7, 11) is 1.96. The summed E-state index contributed by atoms with van der Waals surface area (Å²) >= 11 is 3.69. The van der Waals surface area contributed by atoms with E-state index in [2.05, 4.69) is 49.2 Å². The highest BCUT2D eigenvalue weighted by molar-refractivity contribution is 9.10. The number of nitrogens with one attached hydrogen (secondary N) is 1. The van der Waals surface area contributed by atoms with Crippen molar-refractivity contribution in [1.82, 2.24) is 10.2 Å². The van der Waals surface area contributed by atoms with E-state index in [0.717, 1.165) is 43.7 Å². The molecule has 2 rings (SSSR count). The SMILES string of the molecule is CNCc1ccc(N2CCN(CC(C)(C)O)CC2)c(Br)c1. The maximum Gasteiger partial charge on any atom is 0.0718 e. The Bertz CT molecular complexity index is 465. The van der Waals surface area contributed by atoms with E-state index in [1.54, 1.807) is 0 Å². The Balaban J connectivity index is 1.96. The predicted octanol–water partition coefficient (Wildman–Crippen LogP) is 2.06. The van der Waals surface area contributed by atoms with Gasteiger partial charge in [-0.15, -0.1) is 0 Å². The van der Waals surface area contributed by atoms with Gasteiger partial charge in [-0.05, 0) is 54.5 Å². The van der Waals surface area contributed by atoms with Gasteiger partial charge >= 0.3 is 0 Å². The van der Waals surface area contributed by atoms with Crippen LogP contribution in [-0.4, -0.2) is 55.4 Å². The second-order valence-corrected chi connectivity index (χ2v) is 7.25. The average molecular weight is 356 g/mol. The van der Waals surface area contributed by atoms with Crippen LogP contribution in [0.5, 0.6) is 0 Å². The van der Waals surface area contributed by atoms with Crippen molar-refractivity contribution in [1.29, 1.82) is 0 Å². The highest BCUT2D eigenvalue weighted by Crippen LogP contribution is 2.28. The van der Waals surface area contributed by atoms with Gasteiger partial charge in [-0.1, -0.05) is 6.07 Å². The Morgan fingerprint density at radius 1 is 1.24 bits per heavy atom. The molecule has 0 amide bonds. The highest BCUT2D eigenvalue weighted by atomic mass is 79.9. The molecule has 0 aliphatic carbocycles. The fourth-order valence-corrected chi connectivity index (χ4v) is 3.49. The van der Waals surface area contributed by atoms with Crippen LogP contribution < -0.4 is 10.2 Å². The lowest BCUT2D eigenvalue weighted by molar-refractivity contribution is 0.0345. The molecule has 1 aliphatic rings. The third-order valence-corrected chi connectivity index (χ3v) is 4.35. The van der Waals surface area contributed by atoms with Crippen LogP contribution in [0.1, 0.15) is 19.4 Å². The third kappa shape index (κ3) is 4.95. The lowest BCUT2D eigenvalue weighted by Crippen LogP contribution is -2.50. The standard InChI is InChI=1S/C16H26BrN3O/c1-16(2,21)12-19-6-8-20(9-7-19)15-5-4-13(11-18-3)10-14(15)17/h4-5,10,18,21H,6-9,11-12H2,1-3H3. The Hall–Kier alpha value is -0.620. The van der Waals surface area contributed by atoms with Crippen molar-refractivity contribution in [3.8, 4) is 0 Å². The molecule has 0 spiro atoms. The Morgan fingerprint density at radius 2 is 1.90 bits per heavy atom. The van der Waals surface area contributed by atoms with Crippen LogP contribution >= 0.6 is 15.9 Å². The van der Waals surface area contributed by atoms with E-state index in [-0.39, 0.29) is 0 Å². The van der Waals surface area contributed by atoms with Crippen molar-refractivity contribution < 1.29 is 5.11 Å². The number of piperazine rings is 1. The third-order valence-electron chi connectivity index (χ3n) is 3.72. The number of halogens is 1. The Morgan fingerprint density at radius 3 is 2.43 bits per heavy atom. The van der Waals surface area contributed by atoms with Crippen molar-refractivity contribution >= 4 is 21.6 Å². The molecule has 1 fully saturated rings. The normalized spacial score (nSPS) is 17.3. The van der Waals surface area contributed by atoms with Gasteiger partial charge < -0.3 is 15.3 Å². The molecular formula is C16H26BrN3O. The van der Waals surface area contributed by atoms with E-state index in [4.69, 9.17) is 0 Å². The summed E-state index contributed by atoms with van der Waals surface area (Å²) in [6.07, 6.45) is 0. The zero-order chi connectivity index (χ0) is 15.5. The molecule has 21 heavy (non-hydrogen) atoms. The quantitative estimate of drug-likeness (QED) is 0.847. The molecule has 0 radical (unpaired) electrons. The lowest BCUT2D eigenvalue weighted by atomic mass is 10.1. The van der Waals surface area contributed by atoms with Crippen LogP contribution in [0.4, 0.5) is 5.69 Å². The van der Waals surface area contributed by atoms with Crippen LogP contribution in [0.2, 0.25) is 0 Å². The van der Waals surface area contributed by atoms with Crippen molar-refractivity contribution in [2.45, 2.75) is 26.0 Å². The molecule has 0 atom stereocenters. The van der Waals surface area contributed by atoms with Crippen molar-refractivity contribution in [3.63, 3.8) is 0 Å².